The molecule has 43 heavy (non-hydrogen) atoms. The Morgan fingerprint density at radius 1 is 1.00 bits per heavy atom. The molecule has 15 heteroatoms. The van der Waals surface area contributed by atoms with E-state index in [0.29, 0.717) is 41.4 Å². The number of alkyl halides is 6. The summed E-state index contributed by atoms with van der Waals surface area (Å²) in [4.78, 5) is 27.7. The topological polar surface area (TPSA) is 125 Å². The lowest BCUT2D eigenvalue weighted by molar-refractivity contribution is -0.192. The van der Waals surface area contributed by atoms with Crippen molar-refractivity contribution in [2.45, 2.75) is 31.1 Å². The highest BCUT2D eigenvalue weighted by atomic mass is 19.4. The second-order valence-corrected chi connectivity index (χ2v) is 8.99. The number of fused-ring (bicyclic) bond motifs is 1. The monoisotopic (exact) mass is 615 g/mol. The highest BCUT2D eigenvalue weighted by molar-refractivity contribution is 5.86. The number of aromatic nitrogens is 2. The van der Waals surface area contributed by atoms with Gasteiger partial charge in [-0.1, -0.05) is 12.1 Å². The standard InChI is InChI=1S/C26H23F4N3O3.C2HF3O2/c27-22-12-16(5-8-21(22)26(28,29)30)19(14-25(34)35)20-15-33-23-13-17(6-7-18(20)23)36-11-3-10-32-24-4-1-2-9-31-24;3-2(4,5)1(6)7/h1-2,4-9,12-13,15,19,33H,3,10-11,14H2,(H,31,32)(H,34,35);(H,6,7). The first-order chi connectivity index (χ1) is 20.2. The van der Waals surface area contributed by atoms with Crippen molar-refractivity contribution in [1.29, 1.82) is 0 Å². The van der Waals surface area contributed by atoms with Crippen LogP contribution < -0.4 is 10.1 Å². The van der Waals surface area contributed by atoms with Gasteiger partial charge in [-0.05, 0) is 53.9 Å². The van der Waals surface area contributed by atoms with E-state index in [-0.39, 0.29) is 5.56 Å². The van der Waals surface area contributed by atoms with Gasteiger partial charge in [-0.2, -0.15) is 26.3 Å². The molecule has 2 aromatic carbocycles. The zero-order valence-corrected chi connectivity index (χ0v) is 22.0. The number of aromatic amines is 1. The quantitative estimate of drug-likeness (QED) is 0.114. The fraction of sp³-hybridized carbons (Fsp3) is 0.250. The number of halogens is 7. The first-order valence-corrected chi connectivity index (χ1v) is 12.4. The Kier molecular flexibility index (Phi) is 10.6. The van der Waals surface area contributed by atoms with E-state index in [9.17, 15) is 40.6 Å². The Bertz CT molecular complexity index is 1540. The molecular weight excluding hydrogens is 591 g/mol. The van der Waals surface area contributed by atoms with Crippen LogP contribution in [0.2, 0.25) is 0 Å². The maximum absolute atomic E-state index is 14.2. The van der Waals surface area contributed by atoms with Crippen LogP contribution in [0.5, 0.6) is 5.75 Å². The van der Waals surface area contributed by atoms with Crippen LogP contribution in [0, 0.1) is 5.82 Å². The summed E-state index contributed by atoms with van der Waals surface area (Å²) in [5, 5.41) is 20.4. The van der Waals surface area contributed by atoms with Crippen LogP contribution >= 0.6 is 0 Å². The minimum Gasteiger partial charge on any atom is -0.493 e. The van der Waals surface area contributed by atoms with Gasteiger partial charge in [-0.3, -0.25) is 4.79 Å². The SMILES string of the molecule is O=C(O)C(F)(F)F.O=C(O)CC(c1ccc(C(F)(F)F)c(F)c1)c1c[nH]c2cc(OCCCNc3ccccn3)ccc12. The summed E-state index contributed by atoms with van der Waals surface area (Å²) in [5.74, 6) is -4.83. The zero-order valence-electron chi connectivity index (χ0n) is 22.0. The number of nitrogens with zero attached hydrogens (tertiary/aromatic N) is 1. The predicted molar refractivity (Wildman–Crippen MR) is 140 cm³/mol. The lowest BCUT2D eigenvalue weighted by Gasteiger charge is -2.17. The number of rotatable bonds is 10. The second-order valence-electron chi connectivity index (χ2n) is 8.99. The fourth-order valence-electron chi connectivity index (χ4n) is 4.01. The van der Waals surface area contributed by atoms with E-state index in [2.05, 4.69) is 15.3 Å². The van der Waals surface area contributed by atoms with Crippen LogP contribution in [0.3, 0.4) is 0 Å². The average Bonchev–Trinajstić information content (AvgIpc) is 3.34. The van der Waals surface area contributed by atoms with Crippen LogP contribution in [0.1, 0.15) is 35.4 Å². The number of carboxylic acids is 2. The molecule has 1 unspecified atom stereocenters. The molecule has 0 fully saturated rings. The second kappa shape index (κ2) is 13.9. The Morgan fingerprint density at radius 2 is 1.72 bits per heavy atom. The van der Waals surface area contributed by atoms with Crippen LogP contribution in [-0.2, 0) is 15.8 Å². The first kappa shape index (κ1) is 32.7. The molecule has 4 rings (SSSR count). The lowest BCUT2D eigenvalue weighted by atomic mass is 9.87. The molecule has 230 valence electrons. The van der Waals surface area contributed by atoms with E-state index < -0.39 is 48.0 Å². The normalized spacial score (nSPS) is 12.3. The summed E-state index contributed by atoms with van der Waals surface area (Å²) in [6.07, 6.45) is -6.32. The molecule has 2 heterocycles. The number of pyridine rings is 1. The molecular formula is C28H24F7N3O5. The van der Waals surface area contributed by atoms with Crippen molar-refractivity contribution >= 4 is 28.7 Å². The van der Waals surface area contributed by atoms with Gasteiger partial charge >= 0.3 is 24.3 Å². The summed E-state index contributed by atoms with van der Waals surface area (Å²) in [7, 11) is 0. The predicted octanol–water partition coefficient (Wildman–Crippen LogP) is 6.84. The molecule has 2 aromatic heterocycles. The molecule has 8 nitrogen and oxygen atoms in total. The van der Waals surface area contributed by atoms with E-state index in [1.807, 2.05) is 18.2 Å². The molecule has 0 radical (unpaired) electrons. The van der Waals surface area contributed by atoms with Crippen LogP contribution in [0.25, 0.3) is 10.9 Å². The summed E-state index contributed by atoms with van der Waals surface area (Å²) < 4.78 is 90.6. The number of nitrogens with one attached hydrogen (secondary N) is 2. The molecule has 0 aliphatic rings. The van der Waals surface area contributed by atoms with Gasteiger partial charge in [0, 0.05) is 41.8 Å². The highest BCUT2D eigenvalue weighted by Crippen LogP contribution is 2.37. The van der Waals surface area contributed by atoms with Crippen molar-refractivity contribution in [2.24, 2.45) is 0 Å². The van der Waals surface area contributed by atoms with Crippen molar-refractivity contribution in [2.75, 3.05) is 18.5 Å². The average molecular weight is 616 g/mol. The summed E-state index contributed by atoms with van der Waals surface area (Å²) in [6.45, 7) is 1.12. The number of benzene rings is 2. The number of carboxylic acid groups (broad SMARTS) is 2. The largest absolute Gasteiger partial charge is 0.493 e. The molecule has 0 saturated carbocycles. The third-order valence-corrected chi connectivity index (χ3v) is 5.94. The molecule has 0 spiro atoms. The van der Waals surface area contributed by atoms with Gasteiger partial charge in [-0.15, -0.1) is 0 Å². The minimum atomic E-state index is -5.08. The Hall–Kier alpha value is -4.82. The van der Waals surface area contributed by atoms with Crippen molar-refractivity contribution in [3.8, 4) is 5.75 Å². The summed E-state index contributed by atoms with van der Waals surface area (Å²) >= 11 is 0. The first-order valence-electron chi connectivity index (χ1n) is 12.4. The molecule has 0 aliphatic carbocycles. The van der Waals surface area contributed by atoms with E-state index in [0.717, 1.165) is 24.4 Å². The Balaban J connectivity index is 0.000000646. The summed E-state index contributed by atoms with van der Waals surface area (Å²) in [6, 6.07) is 13.4. The molecule has 0 bridgehead atoms. The third-order valence-electron chi connectivity index (χ3n) is 5.94. The summed E-state index contributed by atoms with van der Waals surface area (Å²) in [5.41, 5.74) is -0.0460. The van der Waals surface area contributed by atoms with Gasteiger partial charge in [0.1, 0.15) is 17.4 Å². The molecule has 0 amide bonds. The number of hydrogen-bond acceptors (Lipinski definition) is 5. The van der Waals surface area contributed by atoms with E-state index in [4.69, 9.17) is 14.6 Å². The number of anilines is 1. The number of carbonyl (C=O) groups is 2. The van der Waals surface area contributed by atoms with E-state index in [1.54, 1.807) is 30.6 Å². The van der Waals surface area contributed by atoms with Gasteiger partial charge in [0.15, 0.2) is 0 Å². The Labute approximate surface area is 239 Å². The number of aliphatic carboxylic acids is 2. The van der Waals surface area contributed by atoms with Gasteiger partial charge < -0.3 is 25.3 Å². The van der Waals surface area contributed by atoms with Crippen LogP contribution in [0.15, 0.2) is 67.0 Å². The number of hydrogen-bond donors (Lipinski definition) is 4. The van der Waals surface area contributed by atoms with Gasteiger partial charge in [0.05, 0.1) is 18.6 Å². The zero-order chi connectivity index (χ0) is 31.8. The van der Waals surface area contributed by atoms with Crippen molar-refractivity contribution in [3.05, 3.63) is 89.5 Å². The third kappa shape index (κ3) is 9.34. The van der Waals surface area contributed by atoms with Gasteiger partial charge in [-0.25, -0.2) is 14.2 Å². The van der Waals surface area contributed by atoms with Crippen LogP contribution in [0.4, 0.5) is 36.6 Å². The lowest BCUT2D eigenvalue weighted by Crippen LogP contribution is -2.21. The molecule has 4 N–H and O–H groups in total. The van der Waals surface area contributed by atoms with Crippen molar-refractivity contribution in [1.82, 2.24) is 9.97 Å². The van der Waals surface area contributed by atoms with Crippen molar-refractivity contribution in [3.63, 3.8) is 0 Å². The van der Waals surface area contributed by atoms with Gasteiger partial charge in [0.2, 0.25) is 0 Å². The molecule has 4 aromatic rings. The smallest absolute Gasteiger partial charge is 0.490 e. The minimum absolute atomic E-state index is 0.143. The Morgan fingerprint density at radius 3 is 2.30 bits per heavy atom. The van der Waals surface area contributed by atoms with E-state index >= 15 is 0 Å². The number of H-pyrrole nitrogens is 1. The fourth-order valence-corrected chi connectivity index (χ4v) is 4.01. The highest BCUT2D eigenvalue weighted by Gasteiger charge is 2.38. The maximum Gasteiger partial charge on any atom is 0.490 e. The molecule has 0 aliphatic heterocycles. The van der Waals surface area contributed by atoms with Gasteiger partial charge in [0.25, 0.3) is 0 Å². The van der Waals surface area contributed by atoms with Crippen molar-refractivity contribution < 1.29 is 55.3 Å². The van der Waals surface area contributed by atoms with Crippen LogP contribution in [-0.4, -0.2) is 51.4 Å². The molecule has 0 saturated heterocycles. The van der Waals surface area contributed by atoms with E-state index in [1.165, 1.54) is 0 Å². The maximum atomic E-state index is 14.2. The number of ether oxygens (including phenoxy) is 1. The molecule has 1 atom stereocenters.